The molecule has 7 nitrogen and oxygen atoms in total. The molecule has 0 aliphatic heterocycles. The average Bonchev–Trinajstić information content (AvgIpc) is 2.83. The predicted octanol–water partition coefficient (Wildman–Crippen LogP) is 0.823. The Bertz CT molecular complexity index is 523. The van der Waals surface area contributed by atoms with Crippen molar-refractivity contribution < 1.29 is 5.11 Å². The lowest BCUT2D eigenvalue weighted by Gasteiger charge is -2.21. The van der Waals surface area contributed by atoms with Gasteiger partial charge in [-0.2, -0.15) is 15.1 Å². The zero-order valence-corrected chi connectivity index (χ0v) is 10.7. The second kappa shape index (κ2) is 5.18. The molecule has 2 rings (SSSR count). The normalized spacial score (nSPS) is 12.9. The molecule has 1 atom stereocenters. The Kier molecular flexibility index (Phi) is 3.61. The number of hydrogen-bond acceptors (Lipinski definition) is 6. The monoisotopic (exact) mass is 250 g/mol. The fraction of sp³-hybridized carbons (Fsp3) is 0.545. The number of nitrogens with zero attached hydrogens (tertiary/aromatic N) is 3. The van der Waals surface area contributed by atoms with Gasteiger partial charge in [-0.1, -0.05) is 13.8 Å². The van der Waals surface area contributed by atoms with Gasteiger partial charge in [0.1, 0.15) is 5.82 Å². The van der Waals surface area contributed by atoms with Crippen molar-refractivity contribution in [3.63, 3.8) is 0 Å². The summed E-state index contributed by atoms with van der Waals surface area (Å²) in [5.41, 5.74) is 0.664. The molecule has 4 N–H and O–H groups in total. The number of rotatable bonds is 5. The molecular formula is C11H18N6O. The van der Waals surface area contributed by atoms with Crippen molar-refractivity contribution in [1.29, 1.82) is 0 Å². The van der Waals surface area contributed by atoms with Crippen LogP contribution in [0.4, 0.5) is 11.8 Å². The molecule has 0 spiro atoms. The molecule has 0 bridgehead atoms. The number of fused-ring (bicyclic) bond motifs is 1. The minimum atomic E-state index is -0.0530. The number of nitrogens with one attached hydrogen (secondary N) is 3. The van der Waals surface area contributed by atoms with Crippen LogP contribution in [0, 0.1) is 5.92 Å². The highest BCUT2D eigenvalue weighted by atomic mass is 16.3. The lowest BCUT2D eigenvalue weighted by atomic mass is 10.1. The highest BCUT2D eigenvalue weighted by Crippen LogP contribution is 2.21. The van der Waals surface area contributed by atoms with Gasteiger partial charge in [-0.15, -0.1) is 0 Å². The molecule has 18 heavy (non-hydrogen) atoms. The Morgan fingerprint density at radius 3 is 2.78 bits per heavy atom. The van der Waals surface area contributed by atoms with Gasteiger partial charge < -0.3 is 15.7 Å². The molecule has 7 heteroatoms. The standard InChI is InChI=1S/C11H18N6O/c1-6(2)8(5-18)14-9-7-4-13-17-10(7)16-11(12-3)15-9/h4,6,8,18H,5H2,1-3H3,(H3,12,13,14,15,16,17). The van der Waals surface area contributed by atoms with Gasteiger partial charge in [-0.25, -0.2) is 0 Å². The summed E-state index contributed by atoms with van der Waals surface area (Å²) >= 11 is 0. The largest absolute Gasteiger partial charge is 0.394 e. The van der Waals surface area contributed by atoms with Crippen molar-refractivity contribution in [2.75, 3.05) is 24.3 Å². The molecule has 1 unspecified atom stereocenters. The maximum atomic E-state index is 9.36. The lowest BCUT2D eigenvalue weighted by molar-refractivity contribution is 0.249. The van der Waals surface area contributed by atoms with Crippen molar-refractivity contribution in [2.24, 2.45) is 5.92 Å². The van der Waals surface area contributed by atoms with Crippen LogP contribution in [-0.4, -0.2) is 45.0 Å². The van der Waals surface area contributed by atoms with E-state index in [4.69, 9.17) is 0 Å². The lowest BCUT2D eigenvalue weighted by Crippen LogP contribution is -2.30. The minimum Gasteiger partial charge on any atom is -0.394 e. The van der Waals surface area contributed by atoms with Crippen molar-refractivity contribution in [3.8, 4) is 0 Å². The first kappa shape index (κ1) is 12.6. The van der Waals surface area contributed by atoms with Gasteiger partial charge in [0.05, 0.1) is 24.2 Å². The van der Waals surface area contributed by atoms with Gasteiger partial charge in [-0.3, -0.25) is 5.10 Å². The number of aliphatic hydroxyl groups excluding tert-OH is 1. The number of aromatic nitrogens is 4. The molecule has 0 aromatic carbocycles. The average molecular weight is 250 g/mol. The highest BCUT2D eigenvalue weighted by molar-refractivity contribution is 5.87. The van der Waals surface area contributed by atoms with E-state index in [0.29, 0.717) is 23.3 Å². The molecule has 0 amide bonds. The van der Waals surface area contributed by atoms with Crippen LogP contribution in [0.15, 0.2) is 6.20 Å². The van der Waals surface area contributed by atoms with Gasteiger partial charge in [-0.05, 0) is 5.92 Å². The maximum absolute atomic E-state index is 9.36. The van der Waals surface area contributed by atoms with Gasteiger partial charge >= 0.3 is 0 Å². The van der Waals surface area contributed by atoms with Crippen molar-refractivity contribution >= 4 is 22.8 Å². The number of hydrogen-bond donors (Lipinski definition) is 4. The predicted molar refractivity (Wildman–Crippen MR) is 70.6 cm³/mol. The summed E-state index contributed by atoms with van der Waals surface area (Å²) in [5.74, 6) is 1.48. The van der Waals surface area contributed by atoms with Gasteiger partial charge in [0.2, 0.25) is 5.95 Å². The third-order valence-corrected chi connectivity index (χ3v) is 2.86. The Labute approximate surface area is 105 Å². The van der Waals surface area contributed by atoms with E-state index in [9.17, 15) is 5.11 Å². The second-order valence-electron chi connectivity index (χ2n) is 4.46. The summed E-state index contributed by atoms with van der Waals surface area (Å²) in [6.07, 6.45) is 1.67. The molecule has 2 aromatic rings. The first-order valence-electron chi connectivity index (χ1n) is 5.92. The van der Waals surface area contributed by atoms with Gasteiger partial charge in [0, 0.05) is 7.05 Å². The van der Waals surface area contributed by atoms with E-state index < -0.39 is 0 Å². The Morgan fingerprint density at radius 1 is 1.39 bits per heavy atom. The fourth-order valence-corrected chi connectivity index (χ4v) is 1.66. The second-order valence-corrected chi connectivity index (χ2v) is 4.46. The van der Waals surface area contributed by atoms with E-state index in [1.807, 2.05) is 13.8 Å². The highest BCUT2D eigenvalue weighted by Gasteiger charge is 2.16. The summed E-state index contributed by atoms with van der Waals surface area (Å²) < 4.78 is 0. The summed E-state index contributed by atoms with van der Waals surface area (Å²) in [4.78, 5) is 8.61. The van der Waals surface area contributed by atoms with Crippen LogP contribution in [0.5, 0.6) is 0 Å². The third-order valence-electron chi connectivity index (χ3n) is 2.86. The Hall–Kier alpha value is -1.89. The van der Waals surface area contributed by atoms with Crippen LogP contribution in [-0.2, 0) is 0 Å². The van der Waals surface area contributed by atoms with E-state index in [1.165, 1.54) is 0 Å². The Balaban J connectivity index is 2.39. The van der Waals surface area contributed by atoms with Crippen LogP contribution in [0.1, 0.15) is 13.8 Å². The molecule has 2 aromatic heterocycles. The van der Waals surface area contributed by atoms with Crippen LogP contribution in [0.2, 0.25) is 0 Å². The number of aromatic amines is 1. The molecule has 0 saturated carbocycles. The molecule has 0 aliphatic carbocycles. The Morgan fingerprint density at radius 2 is 2.17 bits per heavy atom. The van der Waals surface area contributed by atoms with Crippen molar-refractivity contribution in [2.45, 2.75) is 19.9 Å². The van der Waals surface area contributed by atoms with Crippen LogP contribution in [0.3, 0.4) is 0 Å². The molecule has 98 valence electrons. The summed E-state index contributed by atoms with van der Waals surface area (Å²) in [7, 11) is 1.76. The van der Waals surface area contributed by atoms with E-state index in [-0.39, 0.29) is 12.6 Å². The topological polar surface area (TPSA) is 98.8 Å². The zero-order chi connectivity index (χ0) is 13.1. The van der Waals surface area contributed by atoms with E-state index in [2.05, 4.69) is 30.8 Å². The first-order chi connectivity index (χ1) is 8.65. The van der Waals surface area contributed by atoms with E-state index >= 15 is 0 Å². The first-order valence-corrected chi connectivity index (χ1v) is 5.92. The van der Waals surface area contributed by atoms with E-state index in [0.717, 1.165) is 5.39 Å². The smallest absolute Gasteiger partial charge is 0.226 e. The maximum Gasteiger partial charge on any atom is 0.226 e. The SMILES string of the molecule is CNc1nc(NC(CO)C(C)C)c2cn[nH]c2n1. The number of aliphatic hydroxyl groups is 1. The molecule has 0 radical (unpaired) electrons. The van der Waals surface area contributed by atoms with Crippen LogP contribution >= 0.6 is 0 Å². The van der Waals surface area contributed by atoms with Gasteiger partial charge in [0.15, 0.2) is 5.65 Å². The summed E-state index contributed by atoms with van der Waals surface area (Å²) in [5, 5.41) is 23.1. The fourth-order valence-electron chi connectivity index (χ4n) is 1.66. The third kappa shape index (κ3) is 2.35. The summed E-state index contributed by atoms with van der Waals surface area (Å²) in [6.45, 7) is 4.14. The molecule has 2 heterocycles. The quantitative estimate of drug-likeness (QED) is 0.627. The summed E-state index contributed by atoms with van der Waals surface area (Å²) in [6, 6.07) is -0.0530. The van der Waals surface area contributed by atoms with Crippen LogP contribution < -0.4 is 10.6 Å². The van der Waals surface area contributed by atoms with E-state index in [1.54, 1.807) is 13.2 Å². The molecule has 0 fully saturated rings. The van der Waals surface area contributed by atoms with Gasteiger partial charge in [0.25, 0.3) is 0 Å². The number of H-pyrrole nitrogens is 1. The minimum absolute atomic E-state index is 0.0515. The van der Waals surface area contributed by atoms with Crippen molar-refractivity contribution in [1.82, 2.24) is 20.2 Å². The van der Waals surface area contributed by atoms with Crippen molar-refractivity contribution in [3.05, 3.63) is 6.20 Å². The number of anilines is 2. The zero-order valence-electron chi connectivity index (χ0n) is 10.7. The molecule has 0 saturated heterocycles. The van der Waals surface area contributed by atoms with Crippen LogP contribution in [0.25, 0.3) is 11.0 Å². The molecule has 0 aliphatic rings. The molecular weight excluding hydrogens is 232 g/mol.